The molecule has 1 aliphatic heterocycles. The van der Waals surface area contributed by atoms with E-state index in [1.807, 2.05) is 11.0 Å². The van der Waals surface area contributed by atoms with Crippen molar-refractivity contribution in [2.45, 2.75) is 11.8 Å². The van der Waals surface area contributed by atoms with E-state index in [1.165, 1.54) is 52.8 Å². The summed E-state index contributed by atoms with van der Waals surface area (Å²) in [5, 5.41) is 20.9. The summed E-state index contributed by atoms with van der Waals surface area (Å²) < 4.78 is 53.0. The zero-order valence-corrected chi connectivity index (χ0v) is 24.3. The number of aliphatic carboxylic acids is 1. The van der Waals surface area contributed by atoms with Crippen molar-refractivity contribution in [2.75, 3.05) is 53.5 Å². The molecule has 1 aliphatic rings. The number of carboxylic acid groups (broad SMARTS) is 1. The highest BCUT2D eigenvalue weighted by atomic mass is 32.2. The van der Waals surface area contributed by atoms with Crippen molar-refractivity contribution in [3.8, 4) is 6.07 Å². The molecule has 0 aliphatic carbocycles. The summed E-state index contributed by atoms with van der Waals surface area (Å²) in [6, 6.07) is 14.7. The topological polar surface area (TPSA) is 194 Å². The van der Waals surface area contributed by atoms with Crippen LogP contribution in [0, 0.1) is 18.3 Å². The van der Waals surface area contributed by atoms with Gasteiger partial charge in [-0.15, -0.1) is 0 Å². The number of carbonyl (C=O) groups excluding carboxylic acids is 1. The zero-order chi connectivity index (χ0) is 30.7. The van der Waals surface area contributed by atoms with Gasteiger partial charge in [0.1, 0.15) is 18.3 Å². The molecule has 0 bridgehead atoms. The van der Waals surface area contributed by atoms with Crippen LogP contribution in [-0.4, -0.2) is 87.1 Å². The second-order valence-corrected chi connectivity index (χ2v) is 13.2. The van der Waals surface area contributed by atoms with Gasteiger partial charge in [0.05, 0.1) is 22.4 Å². The number of carbonyl (C=O) groups is 2. The van der Waals surface area contributed by atoms with Crippen LogP contribution in [0.1, 0.15) is 21.7 Å². The van der Waals surface area contributed by atoms with E-state index >= 15 is 0 Å². The molecule has 2 N–H and O–H groups in total. The largest absolute Gasteiger partial charge is 0.480 e. The van der Waals surface area contributed by atoms with Gasteiger partial charge in [-0.1, -0.05) is 12.1 Å². The van der Waals surface area contributed by atoms with Crippen molar-refractivity contribution in [2.24, 2.45) is 0 Å². The van der Waals surface area contributed by atoms with Crippen LogP contribution < -0.4 is 14.5 Å². The lowest BCUT2D eigenvalue weighted by atomic mass is 10.1. The molecule has 0 radical (unpaired) electrons. The van der Waals surface area contributed by atoms with E-state index in [4.69, 9.17) is 5.26 Å². The maximum Gasteiger partial charge on any atom is 0.324 e. The van der Waals surface area contributed by atoms with Crippen molar-refractivity contribution in [1.29, 1.82) is 5.26 Å². The molecule has 2 heterocycles. The van der Waals surface area contributed by atoms with E-state index in [9.17, 15) is 31.5 Å². The van der Waals surface area contributed by atoms with Gasteiger partial charge in [-0.25, -0.2) is 26.8 Å². The molecule has 1 amide bonds. The Bertz CT molecular complexity index is 1770. The number of anilines is 3. The number of hydrogen-bond acceptors (Lipinski definition) is 10. The monoisotopic (exact) mass is 613 g/mol. The third-order valence-electron chi connectivity index (χ3n) is 6.32. The molecule has 0 spiro atoms. The first-order chi connectivity index (χ1) is 19.8. The third kappa shape index (κ3) is 6.82. The second-order valence-electron chi connectivity index (χ2n) is 9.36. The number of nitrogens with one attached hydrogen (secondary N) is 1. The van der Waals surface area contributed by atoms with Gasteiger partial charge in [-0.2, -0.15) is 9.57 Å². The molecule has 1 saturated heterocycles. The number of benzene rings is 2. The maximum atomic E-state index is 13.3. The number of carboxylic acids is 1. The Morgan fingerprint density at radius 2 is 1.67 bits per heavy atom. The molecular formula is C26H27N7O7S2. The van der Waals surface area contributed by atoms with Gasteiger partial charge < -0.3 is 15.3 Å². The minimum Gasteiger partial charge on any atom is -0.480 e. The highest BCUT2D eigenvalue weighted by molar-refractivity contribution is 7.92. The minimum atomic E-state index is -4.02. The summed E-state index contributed by atoms with van der Waals surface area (Å²) in [4.78, 5) is 34.7. The molecule has 0 unspecified atom stereocenters. The van der Waals surface area contributed by atoms with Crippen molar-refractivity contribution in [3.05, 3.63) is 71.5 Å². The van der Waals surface area contributed by atoms with E-state index < -0.39 is 38.5 Å². The van der Waals surface area contributed by atoms with Gasteiger partial charge in [0.15, 0.2) is 0 Å². The Hall–Kier alpha value is -4.59. The summed E-state index contributed by atoms with van der Waals surface area (Å²) in [7, 11) is -7.88. The van der Waals surface area contributed by atoms with E-state index in [-0.39, 0.29) is 40.6 Å². The zero-order valence-electron chi connectivity index (χ0n) is 22.6. The lowest BCUT2D eigenvalue weighted by molar-refractivity contribution is -0.135. The van der Waals surface area contributed by atoms with E-state index in [1.54, 1.807) is 13.0 Å². The number of sulfonamides is 2. The fraction of sp³-hybridized carbons (Fsp3) is 0.269. The van der Waals surface area contributed by atoms with Crippen molar-refractivity contribution < 1.29 is 31.5 Å². The highest BCUT2D eigenvalue weighted by Gasteiger charge is 2.30. The van der Waals surface area contributed by atoms with Crippen molar-refractivity contribution in [3.63, 3.8) is 0 Å². The Balaban J connectivity index is 1.46. The highest BCUT2D eigenvalue weighted by Crippen LogP contribution is 2.25. The van der Waals surface area contributed by atoms with Crippen LogP contribution in [0.3, 0.4) is 0 Å². The summed E-state index contributed by atoms with van der Waals surface area (Å²) in [6.45, 7) is 1.87. The molecule has 14 nitrogen and oxygen atoms in total. The second kappa shape index (κ2) is 12.1. The third-order valence-corrected chi connectivity index (χ3v) is 9.36. The molecule has 0 saturated carbocycles. The van der Waals surface area contributed by atoms with Crippen LogP contribution in [-0.2, 0) is 24.8 Å². The Labute approximate surface area is 242 Å². The first-order valence-electron chi connectivity index (χ1n) is 12.5. The molecule has 16 heteroatoms. The molecule has 4 rings (SSSR count). The normalized spacial score (nSPS) is 14.2. The number of rotatable bonds is 9. The maximum absolute atomic E-state index is 13.3. The molecule has 2 aromatic carbocycles. The fourth-order valence-corrected chi connectivity index (χ4v) is 6.61. The number of piperazine rings is 1. The summed E-state index contributed by atoms with van der Waals surface area (Å²) in [6.07, 6.45) is 0.838. The van der Waals surface area contributed by atoms with Crippen molar-refractivity contribution >= 4 is 49.2 Å². The van der Waals surface area contributed by atoms with E-state index in [2.05, 4.69) is 15.3 Å². The van der Waals surface area contributed by atoms with Gasteiger partial charge in [-0.05, 0) is 49.4 Å². The number of nitriles is 1. The number of para-hydroxylation sites is 1. The van der Waals surface area contributed by atoms with Gasteiger partial charge in [-0.3, -0.25) is 13.9 Å². The smallest absolute Gasteiger partial charge is 0.324 e. The first-order valence-corrected chi connectivity index (χ1v) is 15.8. The molecular weight excluding hydrogens is 586 g/mol. The van der Waals surface area contributed by atoms with Crippen LogP contribution in [0.4, 0.5) is 17.3 Å². The van der Waals surface area contributed by atoms with Gasteiger partial charge in [0, 0.05) is 37.6 Å². The molecule has 3 aromatic rings. The van der Waals surface area contributed by atoms with E-state index in [0.29, 0.717) is 29.0 Å². The lowest BCUT2D eigenvalue weighted by Crippen LogP contribution is -2.49. The SMILES string of the molecule is Cc1cc(C#N)nc(N2CCN(S(=O)(=O)c3ccc(NC(=O)c4ccccc4N(CC(=O)O)S(C)(=O)=O)cc3)CC2)n1. The average Bonchev–Trinajstić information content (AvgIpc) is 2.95. The van der Waals surface area contributed by atoms with Gasteiger partial charge in [0.25, 0.3) is 5.91 Å². The number of amides is 1. The van der Waals surface area contributed by atoms with Crippen molar-refractivity contribution in [1.82, 2.24) is 14.3 Å². The van der Waals surface area contributed by atoms with E-state index in [0.717, 1.165) is 6.26 Å². The Morgan fingerprint density at radius 3 is 2.26 bits per heavy atom. The minimum absolute atomic E-state index is 0.0117. The molecule has 220 valence electrons. The fourth-order valence-electron chi connectivity index (χ4n) is 4.32. The molecule has 1 fully saturated rings. The predicted molar refractivity (Wildman–Crippen MR) is 153 cm³/mol. The summed E-state index contributed by atoms with van der Waals surface area (Å²) >= 11 is 0. The van der Waals surface area contributed by atoms with Crippen LogP contribution in [0.25, 0.3) is 0 Å². The molecule has 1 aromatic heterocycles. The van der Waals surface area contributed by atoms with Crippen LogP contribution in [0.2, 0.25) is 0 Å². The lowest BCUT2D eigenvalue weighted by Gasteiger charge is -2.34. The number of aromatic nitrogens is 2. The Kier molecular flexibility index (Phi) is 8.75. The predicted octanol–water partition coefficient (Wildman–Crippen LogP) is 1.27. The number of hydrogen-bond donors (Lipinski definition) is 2. The van der Waals surface area contributed by atoms with Gasteiger partial charge >= 0.3 is 5.97 Å². The summed E-state index contributed by atoms with van der Waals surface area (Å²) in [5.41, 5.74) is 0.912. The molecule has 0 atom stereocenters. The Morgan fingerprint density at radius 1 is 1.02 bits per heavy atom. The number of aryl methyl sites for hydroxylation is 1. The summed E-state index contributed by atoms with van der Waals surface area (Å²) in [5.74, 6) is -1.74. The number of nitrogens with zero attached hydrogens (tertiary/aromatic N) is 6. The quantitative estimate of drug-likeness (QED) is 0.353. The first kappa shape index (κ1) is 30.4. The van der Waals surface area contributed by atoms with Crippen LogP contribution in [0.5, 0.6) is 0 Å². The average molecular weight is 614 g/mol. The van der Waals surface area contributed by atoms with Crippen LogP contribution in [0.15, 0.2) is 59.5 Å². The van der Waals surface area contributed by atoms with Gasteiger partial charge in [0.2, 0.25) is 26.0 Å². The van der Waals surface area contributed by atoms with Crippen LogP contribution >= 0.6 is 0 Å². The molecule has 42 heavy (non-hydrogen) atoms. The standard InChI is InChI=1S/C26H27N7O7S2/c1-18-15-20(16-27)30-26(28-18)31-11-13-32(14-12-31)42(39,40)21-9-7-19(8-10-21)29-25(36)22-5-3-4-6-23(22)33(17-24(34)35)41(2,37)38/h3-10,15H,11-14,17H2,1-2H3,(H,29,36)(H,34,35).